The molecule has 0 unspecified atom stereocenters. The second kappa shape index (κ2) is 8.94. The maximum absolute atomic E-state index is 12.7. The number of benzene rings is 2. The van der Waals surface area contributed by atoms with Gasteiger partial charge in [-0.05, 0) is 81.0 Å². The Kier molecular flexibility index (Phi) is 6.38. The van der Waals surface area contributed by atoms with Gasteiger partial charge in [-0.15, -0.1) is 0 Å². The van der Waals surface area contributed by atoms with Crippen molar-refractivity contribution in [2.24, 2.45) is 0 Å². The normalized spacial score (nSPS) is 15.3. The van der Waals surface area contributed by atoms with Crippen molar-refractivity contribution >= 4 is 17.3 Å². The number of ether oxygens (including phenoxy) is 1. The molecule has 1 aliphatic heterocycles. The molecule has 144 valence electrons. The first-order chi connectivity index (χ1) is 13.1. The summed E-state index contributed by atoms with van der Waals surface area (Å²) in [7, 11) is 0. The van der Waals surface area contributed by atoms with Crippen LogP contribution in [0.25, 0.3) is 0 Å². The van der Waals surface area contributed by atoms with E-state index in [2.05, 4.69) is 22.3 Å². The van der Waals surface area contributed by atoms with Crippen LogP contribution in [0.5, 0.6) is 5.75 Å². The van der Waals surface area contributed by atoms with E-state index in [1.54, 1.807) is 0 Å². The summed E-state index contributed by atoms with van der Waals surface area (Å²) in [6.45, 7) is 8.23. The lowest BCUT2D eigenvalue weighted by Gasteiger charge is -2.29. The summed E-state index contributed by atoms with van der Waals surface area (Å²) < 4.78 is 6.01. The quantitative estimate of drug-likeness (QED) is 0.774. The van der Waals surface area contributed by atoms with Crippen LogP contribution in [-0.4, -0.2) is 25.1 Å². The zero-order valence-electron chi connectivity index (χ0n) is 16.6. The zero-order valence-corrected chi connectivity index (χ0v) is 16.6. The molecule has 0 saturated carbocycles. The van der Waals surface area contributed by atoms with Gasteiger partial charge in [0.25, 0.3) is 5.91 Å². The van der Waals surface area contributed by atoms with Gasteiger partial charge < -0.3 is 15.0 Å². The fourth-order valence-corrected chi connectivity index (χ4v) is 3.44. The van der Waals surface area contributed by atoms with E-state index in [1.807, 2.05) is 51.1 Å². The van der Waals surface area contributed by atoms with E-state index >= 15 is 0 Å². The second-order valence-corrected chi connectivity index (χ2v) is 7.37. The number of aryl methyl sites for hydroxylation is 2. The van der Waals surface area contributed by atoms with E-state index in [1.165, 1.54) is 24.9 Å². The lowest BCUT2D eigenvalue weighted by atomic mass is 10.1. The molecule has 1 saturated heterocycles. The number of rotatable bonds is 6. The minimum Gasteiger partial charge on any atom is -0.480 e. The SMILES string of the molecule is CC[C@H](Oc1cc(C)ccc1C)C(=O)Nc1ccc(N2CCCCC2)cc1. The molecule has 0 radical (unpaired) electrons. The predicted molar refractivity (Wildman–Crippen MR) is 112 cm³/mol. The van der Waals surface area contributed by atoms with Gasteiger partial charge in [0.05, 0.1) is 0 Å². The number of nitrogens with zero attached hydrogens (tertiary/aromatic N) is 1. The molecule has 27 heavy (non-hydrogen) atoms. The summed E-state index contributed by atoms with van der Waals surface area (Å²) in [6.07, 6.45) is 3.94. The number of carbonyl (C=O) groups is 1. The zero-order chi connectivity index (χ0) is 19.2. The highest BCUT2D eigenvalue weighted by molar-refractivity contribution is 5.94. The van der Waals surface area contributed by atoms with Crippen LogP contribution in [0, 0.1) is 13.8 Å². The largest absolute Gasteiger partial charge is 0.480 e. The van der Waals surface area contributed by atoms with Crippen molar-refractivity contribution < 1.29 is 9.53 Å². The molecule has 1 atom stereocenters. The Morgan fingerprint density at radius 2 is 1.78 bits per heavy atom. The highest BCUT2D eigenvalue weighted by Crippen LogP contribution is 2.24. The van der Waals surface area contributed by atoms with Gasteiger partial charge in [0.2, 0.25) is 0 Å². The summed E-state index contributed by atoms with van der Waals surface area (Å²) in [5.74, 6) is 0.668. The topological polar surface area (TPSA) is 41.6 Å². The maximum atomic E-state index is 12.7. The van der Waals surface area contributed by atoms with Crippen LogP contribution in [0.2, 0.25) is 0 Å². The van der Waals surface area contributed by atoms with Gasteiger partial charge in [0.15, 0.2) is 6.10 Å². The third-order valence-corrected chi connectivity index (χ3v) is 5.13. The summed E-state index contributed by atoms with van der Waals surface area (Å²) in [6, 6.07) is 14.2. The summed E-state index contributed by atoms with van der Waals surface area (Å²) in [5.41, 5.74) is 4.20. The summed E-state index contributed by atoms with van der Waals surface area (Å²) in [5, 5.41) is 2.99. The van der Waals surface area contributed by atoms with E-state index < -0.39 is 6.10 Å². The number of piperidine rings is 1. The summed E-state index contributed by atoms with van der Waals surface area (Å²) >= 11 is 0. The molecule has 2 aromatic rings. The Bertz CT molecular complexity index is 764. The molecule has 4 heteroatoms. The molecule has 0 aromatic heterocycles. The van der Waals surface area contributed by atoms with Crippen LogP contribution in [0.1, 0.15) is 43.7 Å². The number of hydrogen-bond donors (Lipinski definition) is 1. The Hall–Kier alpha value is -2.49. The van der Waals surface area contributed by atoms with Gasteiger partial charge in [0.1, 0.15) is 5.75 Å². The van der Waals surface area contributed by atoms with E-state index in [4.69, 9.17) is 4.74 Å². The van der Waals surface area contributed by atoms with Crippen LogP contribution in [0.3, 0.4) is 0 Å². The average Bonchev–Trinajstić information content (AvgIpc) is 2.69. The first-order valence-electron chi connectivity index (χ1n) is 9.96. The Morgan fingerprint density at radius 1 is 1.07 bits per heavy atom. The highest BCUT2D eigenvalue weighted by Gasteiger charge is 2.20. The molecule has 3 rings (SSSR count). The molecule has 1 amide bonds. The second-order valence-electron chi connectivity index (χ2n) is 7.37. The van der Waals surface area contributed by atoms with E-state index in [0.717, 1.165) is 35.7 Å². The third kappa shape index (κ3) is 5.03. The molecule has 0 aliphatic carbocycles. The van der Waals surface area contributed by atoms with Crippen molar-refractivity contribution in [1.29, 1.82) is 0 Å². The monoisotopic (exact) mass is 366 g/mol. The number of hydrogen-bond acceptors (Lipinski definition) is 3. The van der Waals surface area contributed by atoms with Crippen molar-refractivity contribution in [2.75, 3.05) is 23.3 Å². The minimum atomic E-state index is -0.507. The van der Waals surface area contributed by atoms with Crippen LogP contribution in [0.15, 0.2) is 42.5 Å². The van der Waals surface area contributed by atoms with E-state index in [9.17, 15) is 4.79 Å². The van der Waals surface area contributed by atoms with Gasteiger partial charge in [-0.3, -0.25) is 4.79 Å². The number of amides is 1. The average molecular weight is 367 g/mol. The van der Waals surface area contributed by atoms with Gasteiger partial charge in [0, 0.05) is 24.5 Å². The predicted octanol–water partition coefficient (Wildman–Crippen LogP) is 5.09. The highest BCUT2D eigenvalue weighted by atomic mass is 16.5. The maximum Gasteiger partial charge on any atom is 0.265 e. The van der Waals surface area contributed by atoms with Crippen molar-refractivity contribution in [3.8, 4) is 5.75 Å². The summed E-state index contributed by atoms with van der Waals surface area (Å²) in [4.78, 5) is 15.1. The lowest BCUT2D eigenvalue weighted by Crippen LogP contribution is -2.32. The molecule has 0 spiro atoms. The number of anilines is 2. The van der Waals surface area contributed by atoms with Gasteiger partial charge in [-0.2, -0.15) is 0 Å². The molecule has 1 heterocycles. The molecule has 1 fully saturated rings. The van der Waals surface area contributed by atoms with Crippen molar-refractivity contribution in [3.05, 3.63) is 53.6 Å². The smallest absolute Gasteiger partial charge is 0.265 e. The molecule has 1 aliphatic rings. The van der Waals surface area contributed by atoms with Crippen LogP contribution < -0.4 is 15.0 Å². The fraction of sp³-hybridized carbons (Fsp3) is 0.435. The van der Waals surface area contributed by atoms with Gasteiger partial charge >= 0.3 is 0 Å². The van der Waals surface area contributed by atoms with Crippen LogP contribution in [0.4, 0.5) is 11.4 Å². The van der Waals surface area contributed by atoms with Gasteiger partial charge in [-0.25, -0.2) is 0 Å². The fourth-order valence-electron chi connectivity index (χ4n) is 3.44. The molecule has 2 aromatic carbocycles. The third-order valence-electron chi connectivity index (χ3n) is 5.13. The minimum absolute atomic E-state index is 0.107. The van der Waals surface area contributed by atoms with Crippen molar-refractivity contribution in [3.63, 3.8) is 0 Å². The van der Waals surface area contributed by atoms with Crippen molar-refractivity contribution in [1.82, 2.24) is 0 Å². The van der Waals surface area contributed by atoms with Crippen LogP contribution >= 0.6 is 0 Å². The molecule has 1 N–H and O–H groups in total. The first kappa shape index (κ1) is 19.3. The molecular weight excluding hydrogens is 336 g/mol. The Labute approximate surface area is 162 Å². The molecule has 4 nitrogen and oxygen atoms in total. The Morgan fingerprint density at radius 3 is 2.44 bits per heavy atom. The lowest BCUT2D eigenvalue weighted by molar-refractivity contribution is -0.122. The standard InChI is InChI=1S/C23H30N2O2/c1-4-21(27-22-16-17(2)8-9-18(22)3)23(26)24-19-10-12-20(13-11-19)25-14-6-5-7-15-25/h8-13,16,21H,4-7,14-15H2,1-3H3,(H,24,26)/t21-/m0/s1. The molecule has 0 bridgehead atoms. The Balaban J connectivity index is 1.63. The molecular formula is C23H30N2O2. The van der Waals surface area contributed by atoms with Crippen LogP contribution in [-0.2, 0) is 4.79 Å². The van der Waals surface area contributed by atoms with E-state index in [0.29, 0.717) is 6.42 Å². The number of nitrogens with one attached hydrogen (secondary N) is 1. The van der Waals surface area contributed by atoms with Gasteiger partial charge in [-0.1, -0.05) is 19.1 Å². The first-order valence-corrected chi connectivity index (χ1v) is 9.96. The number of carbonyl (C=O) groups excluding carboxylic acids is 1. The van der Waals surface area contributed by atoms with E-state index in [-0.39, 0.29) is 5.91 Å². The van der Waals surface area contributed by atoms with Crippen molar-refractivity contribution in [2.45, 2.75) is 52.6 Å².